The molecule has 2 aliphatic rings. The second kappa shape index (κ2) is 8.82. The van der Waals surface area contributed by atoms with Crippen molar-refractivity contribution in [3.63, 3.8) is 0 Å². The molecule has 2 aromatic rings. The van der Waals surface area contributed by atoms with Crippen molar-refractivity contribution in [3.05, 3.63) is 18.3 Å². The van der Waals surface area contributed by atoms with Crippen molar-refractivity contribution in [2.75, 3.05) is 54.4 Å². The number of nitrogens with one attached hydrogen (secondary N) is 1. The summed E-state index contributed by atoms with van der Waals surface area (Å²) >= 11 is 0.961. The Balaban J connectivity index is 1.37. The molecule has 2 aliphatic heterocycles. The summed E-state index contributed by atoms with van der Waals surface area (Å²) in [5.74, 6) is 1.38. The summed E-state index contributed by atoms with van der Waals surface area (Å²) in [5, 5.41) is 11.5. The van der Waals surface area contributed by atoms with Crippen molar-refractivity contribution < 1.29 is 13.2 Å². The SMILES string of the molecule is CC(=O)Nc1ncc(S(=O)(=O)N2CCN(c3ccc(N4CCCCC4)nn3)CC2)s1. The van der Waals surface area contributed by atoms with Gasteiger partial charge >= 0.3 is 0 Å². The summed E-state index contributed by atoms with van der Waals surface area (Å²) in [7, 11) is -3.64. The number of piperazine rings is 1. The Kier molecular flexibility index (Phi) is 6.16. The number of hydrogen-bond donors (Lipinski definition) is 1. The van der Waals surface area contributed by atoms with Crippen molar-refractivity contribution in [1.29, 1.82) is 0 Å². The number of sulfonamides is 1. The Morgan fingerprint density at radius 3 is 2.13 bits per heavy atom. The van der Waals surface area contributed by atoms with Gasteiger partial charge < -0.3 is 15.1 Å². The molecule has 1 N–H and O–H groups in total. The average molecular weight is 452 g/mol. The Hall–Kier alpha value is -2.31. The van der Waals surface area contributed by atoms with E-state index in [-0.39, 0.29) is 15.2 Å². The minimum Gasteiger partial charge on any atom is -0.355 e. The molecule has 162 valence electrons. The number of carbonyl (C=O) groups is 1. The molecule has 2 saturated heterocycles. The van der Waals surface area contributed by atoms with Crippen molar-refractivity contribution in [3.8, 4) is 0 Å². The summed E-state index contributed by atoms with van der Waals surface area (Å²) in [5.41, 5.74) is 0. The first-order valence-corrected chi connectivity index (χ1v) is 12.3. The summed E-state index contributed by atoms with van der Waals surface area (Å²) in [6.45, 7) is 5.17. The lowest BCUT2D eigenvalue weighted by atomic mass is 10.1. The standard InChI is InChI=1S/C18H25N7O3S2/c1-14(26)20-18-19-13-17(29-18)30(27,28)25-11-9-24(10-12-25)16-6-5-15(21-22-16)23-7-3-2-4-8-23/h5-6,13H,2-4,7-12H2,1H3,(H,19,20,26). The van der Waals surface area contributed by atoms with Crippen LogP contribution in [0.25, 0.3) is 0 Å². The Bertz CT molecular complexity index is 979. The molecule has 2 aromatic heterocycles. The highest BCUT2D eigenvalue weighted by Gasteiger charge is 2.31. The van der Waals surface area contributed by atoms with Gasteiger partial charge in [0.05, 0.1) is 6.20 Å². The van der Waals surface area contributed by atoms with Crippen LogP contribution in [-0.2, 0) is 14.8 Å². The number of rotatable bonds is 5. The van der Waals surface area contributed by atoms with Gasteiger partial charge in [-0.2, -0.15) is 4.31 Å². The molecule has 2 fully saturated rings. The average Bonchev–Trinajstić information content (AvgIpc) is 3.23. The van der Waals surface area contributed by atoms with Crippen LogP contribution in [0.4, 0.5) is 16.8 Å². The maximum absolute atomic E-state index is 12.9. The topological polar surface area (TPSA) is 112 Å². The second-order valence-corrected chi connectivity index (χ2v) is 10.5. The highest BCUT2D eigenvalue weighted by molar-refractivity contribution is 7.91. The molecule has 0 unspecified atom stereocenters. The van der Waals surface area contributed by atoms with Gasteiger partial charge in [-0.1, -0.05) is 11.3 Å². The molecule has 30 heavy (non-hydrogen) atoms. The fraction of sp³-hybridized carbons (Fsp3) is 0.556. The largest absolute Gasteiger partial charge is 0.355 e. The summed E-state index contributed by atoms with van der Waals surface area (Å²) in [6.07, 6.45) is 4.94. The molecule has 0 saturated carbocycles. The van der Waals surface area contributed by atoms with E-state index in [1.54, 1.807) is 0 Å². The number of carbonyl (C=O) groups excluding carboxylic acids is 1. The second-order valence-electron chi connectivity index (χ2n) is 7.35. The van der Waals surface area contributed by atoms with Gasteiger partial charge in [-0.15, -0.1) is 10.2 Å². The molecule has 0 radical (unpaired) electrons. The van der Waals surface area contributed by atoms with Crippen LogP contribution in [0.5, 0.6) is 0 Å². The number of amides is 1. The summed E-state index contributed by atoms with van der Waals surface area (Å²) in [4.78, 5) is 19.4. The molecule has 0 spiro atoms. The first-order valence-electron chi connectivity index (χ1n) is 10.0. The number of aromatic nitrogens is 3. The zero-order chi connectivity index (χ0) is 21.1. The molecule has 12 heteroatoms. The van der Waals surface area contributed by atoms with Crippen molar-refractivity contribution >= 4 is 44.0 Å². The first kappa shape index (κ1) is 20.9. The zero-order valence-corrected chi connectivity index (χ0v) is 18.5. The third-order valence-corrected chi connectivity index (χ3v) is 8.49. The van der Waals surface area contributed by atoms with Crippen molar-refractivity contribution in [2.45, 2.75) is 30.4 Å². The van der Waals surface area contributed by atoms with E-state index in [4.69, 9.17) is 0 Å². The van der Waals surface area contributed by atoms with Crippen LogP contribution >= 0.6 is 11.3 Å². The van der Waals surface area contributed by atoms with Gasteiger partial charge in [0, 0.05) is 46.2 Å². The van der Waals surface area contributed by atoms with Crippen LogP contribution in [-0.4, -0.2) is 73.1 Å². The van der Waals surface area contributed by atoms with Crippen LogP contribution in [0.3, 0.4) is 0 Å². The smallest absolute Gasteiger partial charge is 0.254 e. The molecule has 0 aliphatic carbocycles. The normalized spacial score (nSPS) is 18.4. The fourth-order valence-electron chi connectivity index (χ4n) is 3.65. The van der Waals surface area contributed by atoms with Crippen LogP contribution in [0.15, 0.2) is 22.5 Å². The maximum Gasteiger partial charge on any atom is 0.254 e. The summed E-state index contributed by atoms with van der Waals surface area (Å²) < 4.78 is 27.3. The molecule has 10 nitrogen and oxygen atoms in total. The number of piperidine rings is 1. The Morgan fingerprint density at radius 2 is 1.57 bits per heavy atom. The van der Waals surface area contributed by atoms with Crippen molar-refractivity contribution in [1.82, 2.24) is 19.5 Å². The Labute approximate surface area is 180 Å². The van der Waals surface area contributed by atoms with Gasteiger partial charge in [0.15, 0.2) is 21.0 Å². The van der Waals surface area contributed by atoms with E-state index < -0.39 is 10.0 Å². The zero-order valence-electron chi connectivity index (χ0n) is 16.8. The lowest BCUT2D eigenvalue weighted by Gasteiger charge is -2.34. The minimum absolute atomic E-state index is 0.130. The number of anilines is 3. The maximum atomic E-state index is 12.9. The number of hydrogen-bond acceptors (Lipinski definition) is 9. The monoisotopic (exact) mass is 451 g/mol. The van der Waals surface area contributed by atoms with E-state index >= 15 is 0 Å². The predicted octanol–water partition coefficient (Wildman–Crippen LogP) is 1.39. The van der Waals surface area contributed by atoms with Crippen LogP contribution in [0.1, 0.15) is 26.2 Å². The summed E-state index contributed by atoms with van der Waals surface area (Å²) in [6, 6.07) is 3.96. The van der Waals surface area contributed by atoms with Gasteiger partial charge in [-0.3, -0.25) is 4.79 Å². The number of nitrogens with zero attached hydrogens (tertiary/aromatic N) is 6. The van der Waals surface area contributed by atoms with Crippen LogP contribution in [0, 0.1) is 0 Å². The highest BCUT2D eigenvalue weighted by Crippen LogP contribution is 2.27. The Morgan fingerprint density at radius 1 is 0.967 bits per heavy atom. The molecule has 0 aromatic carbocycles. The van der Waals surface area contributed by atoms with E-state index in [9.17, 15) is 13.2 Å². The van der Waals surface area contributed by atoms with Crippen LogP contribution in [0.2, 0.25) is 0 Å². The van der Waals surface area contributed by atoms with Gasteiger partial charge in [0.25, 0.3) is 10.0 Å². The van der Waals surface area contributed by atoms with Gasteiger partial charge in [-0.25, -0.2) is 13.4 Å². The van der Waals surface area contributed by atoms with Crippen LogP contribution < -0.4 is 15.1 Å². The quantitative estimate of drug-likeness (QED) is 0.726. The van der Waals surface area contributed by atoms with Gasteiger partial charge in [0.2, 0.25) is 5.91 Å². The fourth-order valence-corrected chi connectivity index (χ4v) is 6.31. The van der Waals surface area contributed by atoms with Gasteiger partial charge in [0.1, 0.15) is 0 Å². The third kappa shape index (κ3) is 4.55. The van der Waals surface area contributed by atoms with E-state index in [1.807, 2.05) is 12.1 Å². The van der Waals surface area contributed by atoms with E-state index in [1.165, 1.54) is 36.7 Å². The predicted molar refractivity (Wildman–Crippen MR) is 115 cm³/mol. The molecule has 4 heterocycles. The van der Waals surface area contributed by atoms with Gasteiger partial charge in [-0.05, 0) is 31.4 Å². The molecule has 0 atom stereocenters. The lowest BCUT2D eigenvalue weighted by molar-refractivity contribution is -0.114. The molecule has 1 amide bonds. The van der Waals surface area contributed by atoms with E-state index in [0.29, 0.717) is 26.2 Å². The molecular formula is C18H25N7O3S2. The van der Waals surface area contributed by atoms with E-state index in [0.717, 1.165) is 36.1 Å². The molecular weight excluding hydrogens is 426 g/mol. The molecule has 4 rings (SSSR count). The van der Waals surface area contributed by atoms with E-state index in [2.05, 4.69) is 30.3 Å². The number of thiazole rings is 1. The first-order chi connectivity index (χ1) is 14.4. The molecule has 0 bridgehead atoms. The highest BCUT2D eigenvalue weighted by atomic mass is 32.2. The third-order valence-electron chi connectivity index (χ3n) is 5.24. The lowest BCUT2D eigenvalue weighted by Crippen LogP contribution is -2.48. The van der Waals surface area contributed by atoms with Crippen molar-refractivity contribution in [2.24, 2.45) is 0 Å². The minimum atomic E-state index is -3.64.